The van der Waals surface area contributed by atoms with E-state index in [0.717, 1.165) is 18.6 Å². The molecule has 88 valence electrons. The Bertz CT molecular complexity index is 183. The molecule has 1 heterocycles. The highest BCUT2D eigenvalue weighted by Crippen LogP contribution is 2.24. The zero-order chi connectivity index (χ0) is 11.1. The van der Waals surface area contributed by atoms with E-state index in [0.29, 0.717) is 12.0 Å². The highest BCUT2D eigenvalue weighted by atomic mass is 32.2. The fourth-order valence-corrected chi connectivity index (χ4v) is 3.00. The lowest BCUT2D eigenvalue weighted by molar-refractivity contribution is -0.110. The lowest BCUT2D eigenvalue weighted by atomic mass is 9.97. The van der Waals surface area contributed by atoms with E-state index in [1.165, 1.54) is 18.6 Å². The smallest absolute Gasteiger partial charge is 0.137 e. The molecule has 0 aromatic rings. The SMILES string of the molecule is CN[C@@H](C)CN[C@H](C=O)C1CCCSC1. The van der Waals surface area contributed by atoms with Gasteiger partial charge in [-0.25, -0.2) is 0 Å². The van der Waals surface area contributed by atoms with E-state index in [1.807, 2.05) is 18.8 Å². The van der Waals surface area contributed by atoms with Gasteiger partial charge in [0.1, 0.15) is 6.29 Å². The molecule has 1 unspecified atom stereocenters. The van der Waals surface area contributed by atoms with Crippen molar-refractivity contribution in [2.45, 2.75) is 31.8 Å². The van der Waals surface area contributed by atoms with Crippen molar-refractivity contribution in [3.8, 4) is 0 Å². The van der Waals surface area contributed by atoms with Crippen LogP contribution in [0.5, 0.6) is 0 Å². The van der Waals surface area contributed by atoms with Crippen molar-refractivity contribution in [3.05, 3.63) is 0 Å². The second-order valence-corrected chi connectivity index (χ2v) is 5.39. The molecule has 3 nitrogen and oxygen atoms in total. The van der Waals surface area contributed by atoms with Crippen molar-refractivity contribution >= 4 is 18.0 Å². The van der Waals surface area contributed by atoms with Gasteiger partial charge in [0.05, 0.1) is 6.04 Å². The molecule has 0 aromatic carbocycles. The normalized spacial score (nSPS) is 25.9. The second-order valence-electron chi connectivity index (χ2n) is 4.24. The number of rotatable bonds is 6. The van der Waals surface area contributed by atoms with Crippen LogP contribution in [0.3, 0.4) is 0 Å². The molecule has 15 heavy (non-hydrogen) atoms. The zero-order valence-electron chi connectivity index (χ0n) is 9.66. The van der Waals surface area contributed by atoms with E-state index in [1.54, 1.807) is 0 Å². The quantitative estimate of drug-likeness (QED) is 0.665. The topological polar surface area (TPSA) is 41.1 Å². The van der Waals surface area contributed by atoms with Crippen LogP contribution < -0.4 is 10.6 Å². The van der Waals surface area contributed by atoms with Gasteiger partial charge in [-0.05, 0) is 44.2 Å². The van der Waals surface area contributed by atoms with Crippen molar-refractivity contribution in [1.82, 2.24) is 10.6 Å². The molecular formula is C11H22N2OS. The van der Waals surface area contributed by atoms with Gasteiger partial charge in [0.25, 0.3) is 0 Å². The molecule has 0 bridgehead atoms. The first-order valence-corrected chi connectivity index (χ1v) is 6.87. The first-order valence-electron chi connectivity index (χ1n) is 5.71. The molecule has 0 amide bonds. The summed E-state index contributed by atoms with van der Waals surface area (Å²) in [5.74, 6) is 2.92. The summed E-state index contributed by atoms with van der Waals surface area (Å²) in [5.41, 5.74) is 0. The number of carbonyl (C=O) groups is 1. The minimum absolute atomic E-state index is 0.0496. The summed E-state index contributed by atoms with van der Waals surface area (Å²) in [4.78, 5) is 11.0. The molecular weight excluding hydrogens is 208 g/mol. The van der Waals surface area contributed by atoms with Gasteiger partial charge in [-0.15, -0.1) is 0 Å². The number of hydrogen-bond acceptors (Lipinski definition) is 4. The monoisotopic (exact) mass is 230 g/mol. The summed E-state index contributed by atoms with van der Waals surface area (Å²) in [5, 5.41) is 6.51. The highest BCUT2D eigenvalue weighted by molar-refractivity contribution is 7.99. The molecule has 1 rings (SSSR count). The summed E-state index contributed by atoms with van der Waals surface area (Å²) < 4.78 is 0. The van der Waals surface area contributed by atoms with Gasteiger partial charge in [-0.2, -0.15) is 11.8 Å². The molecule has 3 atom stereocenters. The van der Waals surface area contributed by atoms with Crippen LogP contribution in [0.2, 0.25) is 0 Å². The predicted octanol–water partition coefficient (Wildman–Crippen LogP) is 0.895. The van der Waals surface area contributed by atoms with Crippen molar-refractivity contribution in [2.75, 3.05) is 25.1 Å². The molecule has 0 aliphatic carbocycles. The van der Waals surface area contributed by atoms with Crippen LogP contribution in [0.25, 0.3) is 0 Å². The molecule has 0 radical (unpaired) electrons. The van der Waals surface area contributed by atoms with Crippen LogP contribution in [-0.2, 0) is 4.79 Å². The highest BCUT2D eigenvalue weighted by Gasteiger charge is 2.23. The number of carbonyl (C=O) groups excluding carboxylic acids is 1. The lowest BCUT2D eigenvalue weighted by Gasteiger charge is -2.27. The number of likely N-dealkylation sites (N-methyl/N-ethyl adjacent to an activating group) is 1. The summed E-state index contributed by atoms with van der Waals surface area (Å²) in [6.07, 6.45) is 3.53. The van der Waals surface area contributed by atoms with E-state index >= 15 is 0 Å². The fraction of sp³-hybridized carbons (Fsp3) is 0.909. The minimum atomic E-state index is 0.0496. The first kappa shape index (κ1) is 13.0. The summed E-state index contributed by atoms with van der Waals surface area (Å²) in [7, 11) is 1.94. The maximum atomic E-state index is 11.0. The molecule has 0 aromatic heterocycles. The third kappa shape index (κ3) is 4.53. The Morgan fingerprint density at radius 1 is 1.60 bits per heavy atom. The van der Waals surface area contributed by atoms with Crippen LogP contribution in [0.15, 0.2) is 0 Å². The van der Waals surface area contributed by atoms with E-state index in [-0.39, 0.29) is 6.04 Å². The Kier molecular flexibility index (Phi) is 6.29. The zero-order valence-corrected chi connectivity index (χ0v) is 10.5. The maximum Gasteiger partial charge on any atom is 0.137 e. The van der Waals surface area contributed by atoms with Gasteiger partial charge in [0.15, 0.2) is 0 Å². The van der Waals surface area contributed by atoms with Gasteiger partial charge >= 0.3 is 0 Å². The van der Waals surface area contributed by atoms with Gasteiger partial charge < -0.3 is 15.4 Å². The summed E-state index contributed by atoms with van der Waals surface area (Å²) >= 11 is 1.97. The summed E-state index contributed by atoms with van der Waals surface area (Å²) in [6.45, 7) is 2.98. The summed E-state index contributed by atoms with van der Waals surface area (Å²) in [6, 6.07) is 0.470. The average molecular weight is 230 g/mol. The van der Waals surface area contributed by atoms with Gasteiger partial charge in [-0.3, -0.25) is 0 Å². The molecule has 1 saturated heterocycles. The molecule has 1 aliphatic heterocycles. The largest absolute Gasteiger partial charge is 0.316 e. The third-order valence-electron chi connectivity index (χ3n) is 3.00. The second kappa shape index (κ2) is 7.25. The number of aldehydes is 1. The number of nitrogens with one attached hydrogen (secondary N) is 2. The minimum Gasteiger partial charge on any atom is -0.316 e. The molecule has 0 saturated carbocycles. The van der Waals surface area contributed by atoms with Crippen molar-refractivity contribution < 1.29 is 4.79 Å². The van der Waals surface area contributed by atoms with Crippen LogP contribution in [0.1, 0.15) is 19.8 Å². The molecule has 4 heteroatoms. The predicted molar refractivity (Wildman–Crippen MR) is 66.4 cm³/mol. The van der Waals surface area contributed by atoms with Gasteiger partial charge in [-0.1, -0.05) is 0 Å². The van der Waals surface area contributed by atoms with Gasteiger partial charge in [0, 0.05) is 12.6 Å². The van der Waals surface area contributed by atoms with Crippen molar-refractivity contribution in [3.63, 3.8) is 0 Å². The fourth-order valence-electron chi connectivity index (χ4n) is 1.79. The van der Waals surface area contributed by atoms with Crippen molar-refractivity contribution in [1.29, 1.82) is 0 Å². The number of hydrogen-bond donors (Lipinski definition) is 2. The Hall–Kier alpha value is -0.0600. The van der Waals surface area contributed by atoms with Crippen molar-refractivity contribution in [2.24, 2.45) is 5.92 Å². The molecule has 1 aliphatic rings. The van der Waals surface area contributed by atoms with E-state index in [9.17, 15) is 4.79 Å². The van der Waals surface area contributed by atoms with E-state index < -0.39 is 0 Å². The maximum absolute atomic E-state index is 11.0. The Balaban J connectivity index is 2.30. The average Bonchev–Trinajstić information content (AvgIpc) is 2.31. The first-order chi connectivity index (χ1) is 7.27. The van der Waals surface area contributed by atoms with Crippen LogP contribution in [-0.4, -0.2) is 43.5 Å². The molecule has 2 N–H and O–H groups in total. The lowest BCUT2D eigenvalue weighted by Crippen LogP contribution is -2.45. The molecule has 0 spiro atoms. The molecule has 1 fully saturated rings. The van der Waals surface area contributed by atoms with Crippen LogP contribution >= 0.6 is 11.8 Å². The standard InChI is InChI=1S/C11H22N2OS/c1-9(12-2)6-13-11(7-14)10-4-3-5-15-8-10/h7,9-13H,3-6,8H2,1-2H3/t9-,10?,11+/m0/s1. The Morgan fingerprint density at radius 2 is 2.40 bits per heavy atom. The van der Waals surface area contributed by atoms with Gasteiger partial charge in [0.2, 0.25) is 0 Å². The van der Waals surface area contributed by atoms with Crippen LogP contribution in [0, 0.1) is 5.92 Å². The third-order valence-corrected chi connectivity index (χ3v) is 4.24. The van der Waals surface area contributed by atoms with E-state index in [2.05, 4.69) is 17.6 Å². The Morgan fingerprint density at radius 3 is 2.93 bits per heavy atom. The van der Waals surface area contributed by atoms with Crippen LogP contribution in [0.4, 0.5) is 0 Å². The van der Waals surface area contributed by atoms with E-state index in [4.69, 9.17) is 0 Å². The Labute approximate surface area is 96.8 Å². The number of thioether (sulfide) groups is 1.